The van der Waals surface area contributed by atoms with E-state index >= 15 is 0 Å². The van der Waals surface area contributed by atoms with E-state index in [1.165, 1.54) is 0 Å². The van der Waals surface area contributed by atoms with Gasteiger partial charge in [0, 0.05) is 19.3 Å². The molecule has 1 heterocycles. The summed E-state index contributed by atoms with van der Waals surface area (Å²) in [4.78, 5) is 17.6. The summed E-state index contributed by atoms with van der Waals surface area (Å²) in [5.41, 5.74) is 5.93. The number of aromatic nitrogens is 1. The highest BCUT2D eigenvalue weighted by molar-refractivity contribution is 5.92. The van der Waals surface area contributed by atoms with Crippen LogP contribution in [-0.2, 0) is 0 Å². The number of carbonyl (C=O) groups is 1. The molecule has 1 amide bonds. The van der Waals surface area contributed by atoms with Gasteiger partial charge in [0.15, 0.2) is 0 Å². The summed E-state index contributed by atoms with van der Waals surface area (Å²) in [6.45, 7) is 2.56. The van der Waals surface area contributed by atoms with Crippen molar-refractivity contribution in [3.8, 4) is 0 Å². The Balaban J connectivity index is 2.69. The Kier molecular flexibility index (Phi) is 4.24. The molecule has 0 saturated carbocycles. The molecule has 0 aliphatic rings. The molecule has 1 aromatic rings. The van der Waals surface area contributed by atoms with Crippen LogP contribution in [0.2, 0.25) is 0 Å². The van der Waals surface area contributed by atoms with Crippen molar-refractivity contribution in [2.75, 3.05) is 13.6 Å². The monoisotopic (exact) mass is 207 g/mol. The molecule has 0 saturated heterocycles. The van der Waals surface area contributed by atoms with E-state index in [1.54, 1.807) is 30.3 Å². The minimum Gasteiger partial charge on any atom is -0.338 e. The Hall–Kier alpha value is -1.42. The van der Waals surface area contributed by atoms with Crippen LogP contribution in [0.5, 0.6) is 0 Å². The van der Waals surface area contributed by atoms with E-state index in [1.807, 2.05) is 13.0 Å². The highest BCUT2D eigenvalue weighted by Crippen LogP contribution is 2.05. The van der Waals surface area contributed by atoms with Crippen LogP contribution < -0.4 is 5.73 Å². The van der Waals surface area contributed by atoms with Crippen LogP contribution in [-0.4, -0.2) is 35.4 Å². The van der Waals surface area contributed by atoms with E-state index in [-0.39, 0.29) is 11.9 Å². The van der Waals surface area contributed by atoms with E-state index in [9.17, 15) is 4.79 Å². The Labute approximate surface area is 90.1 Å². The van der Waals surface area contributed by atoms with Gasteiger partial charge in [-0.25, -0.2) is 0 Å². The maximum Gasteiger partial charge on any atom is 0.272 e. The molecule has 1 aromatic heterocycles. The average molecular weight is 207 g/mol. The number of hydrogen-bond donors (Lipinski definition) is 1. The molecule has 0 radical (unpaired) electrons. The molecular weight excluding hydrogens is 190 g/mol. The average Bonchev–Trinajstić information content (AvgIpc) is 2.28. The Bertz CT molecular complexity index is 313. The summed E-state index contributed by atoms with van der Waals surface area (Å²) in [7, 11) is 1.78. The van der Waals surface area contributed by atoms with Crippen LogP contribution in [0.15, 0.2) is 24.4 Å². The van der Waals surface area contributed by atoms with Crippen molar-refractivity contribution in [3.63, 3.8) is 0 Å². The Morgan fingerprint density at radius 3 is 2.87 bits per heavy atom. The largest absolute Gasteiger partial charge is 0.338 e. The van der Waals surface area contributed by atoms with Gasteiger partial charge in [0.25, 0.3) is 5.91 Å². The van der Waals surface area contributed by atoms with Gasteiger partial charge in [0.2, 0.25) is 0 Å². The molecule has 15 heavy (non-hydrogen) atoms. The quantitative estimate of drug-likeness (QED) is 0.797. The number of rotatable bonds is 4. The van der Waals surface area contributed by atoms with Crippen LogP contribution in [0.25, 0.3) is 0 Å². The minimum atomic E-state index is -0.0587. The van der Waals surface area contributed by atoms with Crippen LogP contribution >= 0.6 is 0 Å². The number of amides is 1. The topological polar surface area (TPSA) is 59.2 Å². The molecule has 0 aromatic carbocycles. The predicted molar refractivity (Wildman–Crippen MR) is 59.5 cm³/mol. The van der Waals surface area contributed by atoms with Gasteiger partial charge in [-0.15, -0.1) is 0 Å². The first-order valence-corrected chi connectivity index (χ1v) is 5.05. The van der Waals surface area contributed by atoms with Crippen molar-refractivity contribution in [1.29, 1.82) is 0 Å². The first-order chi connectivity index (χ1) is 7.16. The van der Waals surface area contributed by atoms with Gasteiger partial charge in [-0.2, -0.15) is 0 Å². The van der Waals surface area contributed by atoms with Crippen LogP contribution in [0.4, 0.5) is 0 Å². The summed E-state index contributed by atoms with van der Waals surface area (Å²) >= 11 is 0. The van der Waals surface area contributed by atoms with Crippen molar-refractivity contribution in [2.45, 2.75) is 19.4 Å². The third kappa shape index (κ3) is 3.02. The molecule has 2 N–H and O–H groups in total. The maximum atomic E-state index is 11.9. The third-order valence-electron chi connectivity index (χ3n) is 2.45. The fraction of sp³-hybridized carbons (Fsp3) is 0.455. The highest BCUT2D eigenvalue weighted by atomic mass is 16.2. The zero-order valence-electron chi connectivity index (χ0n) is 9.18. The molecule has 1 atom stereocenters. The summed E-state index contributed by atoms with van der Waals surface area (Å²) in [6, 6.07) is 5.46. The molecular formula is C11H17N3O. The van der Waals surface area contributed by atoms with Crippen molar-refractivity contribution in [3.05, 3.63) is 30.1 Å². The lowest BCUT2D eigenvalue weighted by molar-refractivity contribution is 0.0733. The zero-order chi connectivity index (χ0) is 11.3. The smallest absolute Gasteiger partial charge is 0.272 e. The number of hydrogen-bond acceptors (Lipinski definition) is 3. The lowest BCUT2D eigenvalue weighted by atomic mass is 10.2. The van der Waals surface area contributed by atoms with E-state index < -0.39 is 0 Å². The molecule has 4 heteroatoms. The lowest BCUT2D eigenvalue weighted by Crippen LogP contribution is -2.36. The maximum absolute atomic E-state index is 11.9. The van der Waals surface area contributed by atoms with Crippen LogP contribution in [0.3, 0.4) is 0 Å². The summed E-state index contributed by atoms with van der Waals surface area (Å²) in [5.74, 6) is -0.0587. The third-order valence-corrected chi connectivity index (χ3v) is 2.45. The molecule has 1 unspecified atom stereocenters. The molecule has 0 fully saturated rings. The van der Waals surface area contributed by atoms with E-state index in [4.69, 9.17) is 5.73 Å². The fourth-order valence-corrected chi connectivity index (χ4v) is 1.30. The molecule has 82 valence electrons. The minimum absolute atomic E-state index is 0.0587. The molecule has 0 aliphatic carbocycles. The molecule has 4 nitrogen and oxygen atoms in total. The first-order valence-electron chi connectivity index (χ1n) is 5.05. The van der Waals surface area contributed by atoms with Gasteiger partial charge < -0.3 is 10.6 Å². The summed E-state index contributed by atoms with van der Waals surface area (Å²) in [5, 5.41) is 0. The van der Waals surface area contributed by atoms with Crippen LogP contribution in [0.1, 0.15) is 23.8 Å². The van der Waals surface area contributed by atoms with Gasteiger partial charge in [0.05, 0.1) is 0 Å². The molecule has 0 bridgehead atoms. The lowest BCUT2D eigenvalue weighted by Gasteiger charge is -2.24. The van der Waals surface area contributed by atoms with Crippen molar-refractivity contribution < 1.29 is 4.79 Å². The normalized spacial score (nSPS) is 12.2. The van der Waals surface area contributed by atoms with E-state index in [2.05, 4.69) is 4.98 Å². The van der Waals surface area contributed by atoms with E-state index in [0.717, 1.165) is 6.42 Å². The van der Waals surface area contributed by atoms with E-state index in [0.29, 0.717) is 12.2 Å². The van der Waals surface area contributed by atoms with Crippen molar-refractivity contribution >= 4 is 5.91 Å². The van der Waals surface area contributed by atoms with Crippen molar-refractivity contribution in [2.24, 2.45) is 5.73 Å². The second kappa shape index (κ2) is 5.46. The van der Waals surface area contributed by atoms with Crippen molar-refractivity contribution in [1.82, 2.24) is 9.88 Å². The zero-order valence-corrected chi connectivity index (χ0v) is 9.18. The first kappa shape index (κ1) is 11.7. The van der Waals surface area contributed by atoms with Gasteiger partial charge in [-0.1, -0.05) is 6.07 Å². The molecule has 0 spiro atoms. The number of nitrogens with zero attached hydrogens (tertiary/aromatic N) is 2. The standard InChI is InChI=1S/C11H17N3O/c1-9(6-7-12)14(2)11(15)10-5-3-4-8-13-10/h3-5,8-9H,6-7,12H2,1-2H3. The second-order valence-electron chi connectivity index (χ2n) is 3.56. The second-order valence-corrected chi connectivity index (χ2v) is 3.56. The predicted octanol–water partition coefficient (Wildman–Crippen LogP) is 0.891. The highest BCUT2D eigenvalue weighted by Gasteiger charge is 2.17. The number of pyridine rings is 1. The number of nitrogens with two attached hydrogens (primary N) is 1. The SMILES string of the molecule is CC(CCN)N(C)C(=O)c1ccccn1. The van der Waals surface area contributed by atoms with Gasteiger partial charge >= 0.3 is 0 Å². The summed E-state index contributed by atoms with van der Waals surface area (Å²) < 4.78 is 0. The number of carbonyl (C=O) groups excluding carboxylic acids is 1. The molecule has 1 rings (SSSR count). The van der Waals surface area contributed by atoms with Gasteiger partial charge in [-0.05, 0) is 32.0 Å². The van der Waals surface area contributed by atoms with Crippen LogP contribution in [0, 0.1) is 0 Å². The molecule has 0 aliphatic heterocycles. The summed E-state index contributed by atoms with van der Waals surface area (Å²) in [6.07, 6.45) is 2.42. The van der Waals surface area contributed by atoms with Gasteiger partial charge in [0.1, 0.15) is 5.69 Å². The fourth-order valence-electron chi connectivity index (χ4n) is 1.30. The van der Waals surface area contributed by atoms with Gasteiger partial charge in [-0.3, -0.25) is 9.78 Å². The Morgan fingerprint density at radius 1 is 1.60 bits per heavy atom. The Morgan fingerprint density at radius 2 is 2.33 bits per heavy atom.